The third-order valence-corrected chi connectivity index (χ3v) is 10.4. The Morgan fingerprint density at radius 1 is 1.07 bits per heavy atom. The van der Waals surface area contributed by atoms with E-state index in [4.69, 9.17) is 23.4 Å². The third-order valence-electron chi connectivity index (χ3n) is 10.4. The first-order chi connectivity index (χ1) is 19.1. The second kappa shape index (κ2) is 9.56. The largest absolute Gasteiger partial charge is 0.472 e. The number of esters is 4. The first kappa shape index (κ1) is 29.1. The van der Waals surface area contributed by atoms with Crippen LogP contribution in [0.15, 0.2) is 34.2 Å². The second-order valence-corrected chi connectivity index (χ2v) is 13.0. The van der Waals surface area contributed by atoms with Crippen LogP contribution < -0.4 is 0 Å². The SMILES string of the molecule is COC(=O)CC1C(C)(C)C(OC(C)=O)C2(OC(C)=O)CC3=C4CC(=O)OC(c5ccoc5)C4(C)CCC3C1(C)C2=O. The van der Waals surface area contributed by atoms with E-state index in [0.717, 1.165) is 16.7 Å². The number of methoxy groups -OCH3 is 1. The molecule has 3 fully saturated rings. The fraction of sp³-hybridized carbons (Fsp3) is 0.645. The predicted molar refractivity (Wildman–Crippen MR) is 142 cm³/mol. The highest BCUT2D eigenvalue weighted by molar-refractivity contribution is 5.99. The maximum Gasteiger partial charge on any atom is 0.310 e. The Labute approximate surface area is 239 Å². The van der Waals surface area contributed by atoms with E-state index < -0.39 is 63.8 Å². The van der Waals surface area contributed by atoms with Gasteiger partial charge in [0.2, 0.25) is 5.60 Å². The molecule has 2 bridgehead atoms. The molecule has 0 spiro atoms. The number of hydrogen-bond acceptors (Lipinski definition) is 10. The molecule has 10 nitrogen and oxygen atoms in total. The molecule has 5 rings (SSSR count). The summed E-state index contributed by atoms with van der Waals surface area (Å²) in [5, 5.41) is 0. The summed E-state index contributed by atoms with van der Waals surface area (Å²) in [5.74, 6) is -3.59. The van der Waals surface area contributed by atoms with Gasteiger partial charge < -0.3 is 23.4 Å². The van der Waals surface area contributed by atoms with Crippen molar-refractivity contribution in [2.24, 2.45) is 28.1 Å². The fourth-order valence-electron chi connectivity index (χ4n) is 8.83. The van der Waals surface area contributed by atoms with Crippen LogP contribution in [0.25, 0.3) is 0 Å². The number of ether oxygens (including phenoxy) is 4. The Hall–Kier alpha value is -3.43. The molecule has 41 heavy (non-hydrogen) atoms. The average Bonchev–Trinajstić information content (AvgIpc) is 3.42. The van der Waals surface area contributed by atoms with E-state index in [-0.39, 0.29) is 31.0 Å². The van der Waals surface area contributed by atoms with Gasteiger partial charge in [-0.3, -0.25) is 24.0 Å². The molecule has 2 heterocycles. The van der Waals surface area contributed by atoms with Gasteiger partial charge in [-0.25, -0.2) is 0 Å². The molecule has 0 amide bonds. The standard InChI is InChI=1S/C31H38O10/c1-16(32)39-27-28(3,4)22(13-23(34)37-7)30(6)20-8-10-29(5)21(12-24(35)40-25(29)18-9-11-38-15-18)19(20)14-31(27,26(30)36)41-17(2)33/h9,11,15,20,22,25,27H,8,10,12-14H2,1-7H3. The van der Waals surface area contributed by atoms with Crippen LogP contribution in [0.2, 0.25) is 0 Å². The molecule has 2 saturated carbocycles. The number of rotatable bonds is 5. The van der Waals surface area contributed by atoms with Crippen molar-refractivity contribution in [2.45, 2.75) is 91.5 Å². The number of ketones is 1. The summed E-state index contributed by atoms with van der Waals surface area (Å²) >= 11 is 0. The molecular formula is C31H38O10. The maximum atomic E-state index is 14.8. The topological polar surface area (TPSA) is 135 Å². The van der Waals surface area contributed by atoms with E-state index >= 15 is 0 Å². The fourth-order valence-corrected chi connectivity index (χ4v) is 8.83. The van der Waals surface area contributed by atoms with Gasteiger partial charge in [0, 0.05) is 48.5 Å². The van der Waals surface area contributed by atoms with E-state index in [1.165, 1.54) is 27.2 Å². The third kappa shape index (κ3) is 4.07. The molecule has 7 unspecified atom stereocenters. The highest BCUT2D eigenvalue weighted by atomic mass is 16.6. The van der Waals surface area contributed by atoms with E-state index in [1.54, 1.807) is 12.3 Å². The first-order valence-electron chi connectivity index (χ1n) is 14.1. The lowest BCUT2D eigenvalue weighted by molar-refractivity contribution is -0.243. The Bertz CT molecular complexity index is 1340. The number of cyclic esters (lactones) is 1. The quantitative estimate of drug-likeness (QED) is 0.284. The van der Waals surface area contributed by atoms with Crippen molar-refractivity contribution >= 4 is 29.7 Å². The molecule has 7 atom stereocenters. The van der Waals surface area contributed by atoms with Gasteiger partial charge in [-0.2, -0.15) is 0 Å². The van der Waals surface area contributed by atoms with Gasteiger partial charge >= 0.3 is 23.9 Å². The molecule has 1 aliphatic heterocycles. The van der Waals surface area contributed by atoms with Crippen molar-refractivity contribution in [3.8, 4) is 0 Å². The lowest BCUT2D eigenvalue weighted by atomic mass is 9.39. The molecule has 222 valence electrons. The number of Topliss-reactive ketones (excluding diaryl/α,β-unsaturated/α-hetero) is 1. The Morgan fingerprint density at radius 2 is 1.78 bits per heavy atom. The minimum absolute atomic E-state index is 0.0143. The summed E-state index contributed by atoms with van der Waals surface area (Å²) in [6.07, 6.45) is 2.39. The summed E-state index contributed by atoms with van der Waals surface area (Å²) in [5.41, 5.74) is -2.23. The maximum absolute atomic E-state index is 14.8. The summed E-state index contributed by atoms with van der Waals surface area (Å²) < 4.78 is 28.1. The van der Waals surface area contributed by atoms with Crippen molar-refractivity contribution in [1.29, 1.82) is 0 Å². The number of furan rings is 1. The van der Waals surface area contributed by atoms with Gasteiger partial charge in [0.25, 0.3) is 0 Å². The highest BCUT2D eigenvalue weighted by Crippen LogP contribution is 2.69. The van der Waals surface area contributed by atoms with Crippen LogP contribution in [0.4, 0.5) is 0 Å². The van der Waals surface area contributed by atoms with Crippen molar-refractivity contribution in [3.05, 3.63) is 35.3 Å². The molecule has 1 aromatic rings. The van der Waals surface area contributed by atoms with E-state index in [1.807, 2.05) is 27.7 Å². The first-order valence-corrected chi connectivity index (χ1v) is 14.1. The van der Waals surface area contributed by atoms with Gasteiger partial charge in [0.05, 0.1) is 26.1 Å². The molecule has 0 N–H and O–H groups in total. The van der Waals surface area contributed by atoms with E-state index in [2.05, 4.69) is 0 Å². The number of hydrogen-bond donors (Lipinski definition) is 0. The molecule has 0 radical (unpaired) electrons. The van der Waals surface area contributed by atoms with Crippen molar-refractivity contribution in [3.63, 3.8) is 0 Å². The monoisotopic (exact) mass is 570 g/mol. The lowest BCUT2D eigenvalue weighted by Crippen LogP contribution is -2.75. The van der Waals surface area contributed by atoms with Gasteiger partial charge in [0.15, 0.2) is 11.9 Å². The molecule has 1 aromatic heterocycles. The minimum Gasteiger partial charge on any atom is -0.472 e. The average molecular weight is 571 g/mol. The lowest BCUT2D eigenvalue weighted by Gasteiger charge is -2.66. The summed E-state index contributed by atoms with van der Waals surface area (Å²) in [6.45, 7) is 10.0. The number of carbonyl (C=O) groups excluding carboxylic acids is 5. The summed E-state index contributed by atoms with van der Waals surface area (Å²) in [6, 6.07) is 1.77. The van der Waals surface area contributed by atoms with Crippen LogP contribution in [-0.2, 0) is 42.9 Å². The van der Waals surface area contributed by atoms with E-state index in [0.29, 0.717) is 12.8 Å². The second-order valence-electron chi connectivity index (χ2n) is 13.0. The molecule has 10 heteroatoms. The van der Waals surface area contributed by atoms with Crippen LogP contribution >= 0.6 is 0 Å². The zero-order valence-electron chi connectivity index (χ0n) is 24.7. The zero-order valence-corrected chi connectivity index (χ0v) is 24.7. The molecule has 0 aromatic carbocycles. The molecule has 3 aliphatic carbocycles. The minimum atomic E-state index is -1.84. The Morgan fingerprint density at radius 3 is 2.37 bits per heavy atom. The highest BCUT2D eigenvalue weighted by Gasteiger charge is 2.76. The van der Waals surface area contributed by atoms with Crippen LogP contribution in [0, 0.1) is 28.1 Å². The Balaban J connectivity index is 1.79. The zero-order chi connectivity index (χ0) is 30.1. The van der Waals surface area contributed by atoms with Gasteiger partial charge in [-0.15, -0.1) is 0 Å². The van der Waals surface area contributed by atoms with Crippen LogP contribution in [-0.4, -0.2) is 48.5 Å². The van der Waals surface area contributed by atoms with Gasteiger partial charge in [-0.05, 0) is 36.3 Å². The van der Waals surface area contributed by atoms with Crippen molar-refractivity contribution < 1.29 is 47.3 Å². The van der Waals surface area contributed by atoms with Crippen molar-refractivity contribution in [2.75, 3.05) is 7.11 Å². The van der Waals surface area contributed by atoms with Gasteiger partial charge in [-0.1, -0.05) is 33.3 Å². The van der Waals surface area contributed by atoms with Crippen LogP contribution in [0.1, 0.15) is 85.3 Å². The summed E-state index contributed by atoms with van der Waals surface area (Å²) in [4.78, 5) is 65.9. The van der Waals surface area contributed by atoms with Crippen molar-refractivity contribution in [1.82, 2.24) is 0 Å². The Kier molecular flexibility index (Phi) is 6.78. The smallest absolute Gasteiger partial charge is 0.310 e. The number of carbonyl (C=O) groups is 5. The summed E-state index contributed by atoms with van der Waals surface area (Å²) in [7, 11) is 1.29. The predicted octanol–water partition coefficient (Wildman–Crippen LogP) is 4.41. The molecule has 1 saturated heterocycles. The number of fused-ring (bicyclic) bond motifs is 5. The molecular weight excluding hydrogens is 532 g/mol. The van der Waals surface area contributed by atoms with Gasteiger partial charge in [0.1, 0.15) is 6.10 Å². The van der Waals surface area contributed by atoms with Crippen LogP contribution in [0.3, 0.4) is 0 Å². The normalized spacial score (nSPS) is 37.3. The molecule has 4 aliphatic rings. The van der Waals surface area contributed by atoms with E-state index in [9.17, 15) is 24.0 Å². The van der Waals surface area contributed by atoms with Crippen LogP contribution in [0.5, 0.6) is 0 Å².